The van der Waals surface area contributed by atoms with Gasteiger partial charge in [-0.3, -0.25) is 5.21 Å². The third kappa shape index (κ3) is 2.86. The zero-order chi connectivity index (χ0) is 12.3. The van der Waals surface area contributed by atoms with Crippen molar-refractivity contribution in [2.45, 2.75) is 25.0 Å². The lowest BCUT2D eigenvalue weighted by Gasteiger charge is -2.33. The Morgan fingerprint density at radius 3 is 3.00 bits per heavy atom. The Labute approximate surface area is 109 Å². The molecule has 0 aromatic carbocycles. The summed E-state index contributed by atoms with van der Waals surface area (Å²) in [6.07, 6.45) is 7.42. The molecule has 0 aliphatic heterocycles. The van der Waals surface area contributed by atoms with Crippen molar-refractivity contribution in [2.75, 3.05) is 12.2 Å². The molecule has 2 atom stereocenters. The summed E-state index contributed by atoms with van der Waals surface area (Å²) in [4.78, 5) is 4.17. The molecular formula is C12H15BrN2O2. The standard InChI is InChI=1S/C12H15BrN2O2/c1-17-11-5-3-2-4-10(11)15(16)12-7-6-9(13)8-14-12/h3,5-8,10-11,16H,2,4H2,1H3/t10-,11-/m1/s1. The quantitative estimate of drug-likeness (QED) is 0.688. The van der Waals surface area contributed by atoms with Crippen molar-refractivity contribution in [2.24, 2.45) is 0 Å². The van der Waals surface area contributed by atoms with E-state index in [-0.39, 0.29) is 12.1 Å². The van der Waals surface area contributed by atoms with E-state index >= 15 is 0 Å². The zero-order valence-corrected chi connectivity index (χ0v) is 11.2. The fraction of sp³-hybridized carbons (Fsp3) is 0.417. The van der Waals surface area contributed by atoms with Crippen LogP contribution in [-0.2, 0) is 4.74 Å². The molecule has 0 amide bonds. The lowest BCUT2D eigenvalue weighted by molar-refractivity contribution is 0.0687. The minimum atomic E-state index is -0.0980. The normalized spacial score (nSPS) is 23.7. The van der Waals surface area contributed by atoms with Gasteiger partial charge < -0.3 is 4.74 Å². The van der Waals surface area contributed by atoms with E-state index in [2.05, 4.69) is 27.0 Å². The summed E-state index contributed by atoms with van der Waals surface area (Å²) in [7, 11) is 1.65. The number of allylic oxidation sites excluding steroid dienone is 1. The summed E-state index contributed by atoms with van der Waals surface area (Å²) in [5, 5.41) is 11.4. The molecule has 2 rings (SSSR count). The average Bonchev–Trinajstić information content (AvgIpc) is 2.39. The van der Waals surface area contributed by atoms with Gasteiger partial charge in [0.05, 0.1) is 12.1 Å². The van der Waals surface area contributed by atoms with Gasteiger partial charge in [0.1, 0.15) is 0 Å². The van der Waals surface area contributed by atoms with E-state index in [0.29, 0.717) is 5.82 Å². The number of hydrogen-bond acceptors (Lipinski definition) is 4. The van der Waals surface area contributed by atoms with Crippen LogP contribution in [0.1, 0.15) is 12.8 Å². The van der Waals surface area contributed by atoms with Crippen molar-refractivity contribution in [3.63, 3.8) is 0 Å². The number of hydroxylamine groups is 1. The number of pyridine rings is 1. The predicted octanol–water partition coefficient (Wildman–Crippen LogP) is 2.77. The Hall–Kier alpha value is -0.910. The van der Waals surface area contributed by atoms with Gasteiger partial charge in [-0.25, -0.2) is 10.0 Å². The highest BCUT2D eigenvalue weighted by molar-refractivity contribution is 9.10. The van der Waals surface area contributed by atoms with Crippen LogP contribution in [0.25, 0.3) is 0 Å². The molecule has 0 saturated heterocycles. The van der Waals surface area contributed by atoms with Gasteiger partial charge in [-0.05, 0) is 40.9 Å². The van der Waals surface area contributed by atoms with Gasteiger partial charge in [0.15, 0.2) is 5.82 Å². The van der Waals surface area contributed by atoms with E-state index in [1.165, 1.54) is 5.06 Å². The summed E-state index contributed by atoms with van der Waals surface area (Å²) < 4.78 is 6.23. The number of nitrogens with zero attached hydrogens (tertiary/aromatic N) is 2. The smallest absolute Gasteiger partial charge is 0.152 e. The van der Waals surface area contributed by atoms with Crippen molar-refractivity contribution in [1.29, 1.82) is 0 Å². The molecule has 1 N–H and O–H groups in total. The minimum absolute atomic E-state index is 0.0846. The number of anilines is 1. The number of ether oxygens (including phenoxy) is 1. The van der Waals surface area contributed by atoms with Crippen molar-refractivity contribution in [3.8, 4) is 0 Å². The second-order valence-corrected chi connectivity index (χ2v) is 4.87. The highest BCUT2D eigenvalue weighted by Gasteiger charge is 2.27. The molecule has 0 saturated carbocycles. The SMILES string of the molecule is CO[C@@H]1C=CCC[C@H]1N(O)c1ccc(Br)cn1. The Bertz CT molecular complexity index is 394. The number of aromatic nitrogens is 1. The molecule has 0 unspecified atom stereocenters. The van der Waals surface area contributed by atoms with Crippen LogP contribution in [0.15, 0.2) is 35.0 Å². The van der Waals surface area contributed by atoms with Crippen LogP contribution < -0.4 is 5.06 Å². The first-order chi connectivity index (χ1) is 8.22. The molecule has 1 aliphatic rings. The summed E-state index contributed by atoms with van der Waals surface area (Å²) >= 11 is 3.32. The lowest BCUT2D eigenvalue weighted by Crippen LogP contribution is -2.43. The van der Waals surface area contributed by atoms with Gasteiger partial charge in [-0.2, -0.15) is 0 Å². The Kier molecular flexibility index (Phi) is 4.15. The third-order valence-electron chi connectivity index (χ3n) is 2.87. The molecule has 1 aromatic rings. The van der Waals surface area contributed by atoms with Crippen LogP contribution in [0, 0.1) is 0 Å². The Balaban J connectivity index is 2.15. The Morgan fingerprint density at radius 1 is 1.53 bits per heavy atom. The van der Waals surface area contributed by atoms with Crippen LogP contribution >= 0.6 is 15.9 Å². The molecule has 0 radical (unpaired) electrons. The molecule has 1 heterocycles. The molecule has 0 fully saturated rings. The largest absolute Gasteiger partial charge is 0.375 e. The van der Waals surface area contributed by atoms with E-state index in [1.807, 2.05) is 12.1 Å². The maximum atomic E-state index is 10.2. The first kappa shape index (κ1) is 12.5. The topological polar surface area (TPSA) is 45.6 Å². The van der Waals surface area contributed by atoms with Gasteiger partial charge in [0.25, 0.3) is 0 Å². The van der Waals surface area contributed by atoms with Crippen LogP contribution in [0.2, 0.25) is 0 Å². The maximum Gasteiger partial charge on any atom is 0.152 e. The first-order valence-electron chi connectivity index (χ1n) is 5.51. The molecule has 0 bridgehead atoms. The van der Waals surface area contributed by atoms with Crippen LogP contribution in [0.5, 0.6) is 0 Å². The van der Waals surface area contributed by atoms with Crippen molar-refractivity contribution >= 4 is 21.7 Å². The third-order valence-corrected chi connectivity index (χ3v) is 3.34. The fourth-order valence-electron chi connectivity index (χ4n) is 1.96. The molecule has 17 heavy (non-hydrogen) atoms. The number of methoxy groups -OCH3 is 1. The summed E-state index contributed by atoms with van der Waals surface area (Å²) in [6, 6.07) is 3.54. The molecule has 92 valence electrons. The molecule has 1 aromatic heterocycles. The number of halogens is 1. The fourth-order valence-corrected chi connectivity index (χ4v) is 2.19. The molecule has 5 heteroatoms. The second kappa shape index (κ2) is 5.62. The van der Waals surface area contributed by atoms with Crippen molar-refractivity contribution < 1.29 is 9.94 Å². The minimum Gasteiger partial charge on any atom is -0.375 e. The number of rotatable bonds is 3. The van der Waals surface area contributed by atoms with Crippen molar-refractivity contribution in [1.82, 2.24) is 4.98 Å². The molecule has 4 nitrogen and oxygen atoms in total. The van der Waals surface area contributed by atoms with E-state index in [9.17, 15) is 5.21 Å². The van der Waals surface area contributed by atoms with Gasteiger partial charge in [-0.1, -0.05) is 12.2 Å². The predicted molar refractivity (Wildman–Crippen MR) is 69.2 cm³/mol. The van der Waals surface area contributed by atoms with Gasteiger partial charge >= 0.3 is 0 Å². The lowest BCUT2D eigenvalue weighted by atomic mass is 9.98. The van der Waals surface area contributed by atoms with Gasteiger partial charge in [0.2, 0.25) is 0 Å². The van der Waals surface area contributed by atoms with Gasteiger partial charge in [-0.15, -0.1) is 0 Å². The van der Waals surface area contributed by atoms with E-state index in [1.54, 1.807) is 19.4 Å². The maximum absolute atomic E-state index is 10.2. The van der Waals surface area contributed by atoms with Gasteiger partial charge in [0, 0.05) is 17.8 Å². The summed E-state index contributed by atoms with van der Waals surface area (Å²) in [5.41, 5.74) is 0. The van der Waals surface area contributed by atoms with Crippen LogP contribution in [0.3, 0.4) is 0 Å². The van der Waals surface area contributed by atoms with Crippen molar-refractivity contribution in [3.05, 3.63) is 35.0 Å². The average molecular weight is 299 g/mol. The monoisotopic (exact) mass is 298 g/mol. The molecule has 0 spiro atoms. The van der Waals surface area contributed by atoms with E-state index < -0.39 is 0 Å². The van der Waals surface area contributed by atoms with Crippen LogP contribution in [0.4, 0.5) is 5.82 Å². The zero-order valence-electron chi connectivity index (χ0n) is 9.58. The van der Waals surface area contributed by atoms with E-state index in [0.717, 1.165) is 17.3 Å². The van der Waals surface area contributed by atoms with E-state index in [4.69, 9.17) is 4.74 Å². The highest BCUT2D eigenvalue weighted by atomic mass is 79.9. The number of hydrogen-bond donors (Lipinski definition) is 1. The first-order valence-corrected chi connectivity index (χ1v) is 6.31. The second-order valence-electron chi connectivity index (χ2n) is 3.95. The Morgan fingerprint density at radius 2 is 2.35 bits per heavy atom. The summed E-state index contributed by atoms with van der Waals surface area (Å²) in [6.45, 7) is 0. The van der Waals surface area contributed by atoms with Crippen LogP contribution in [-0.4, -0.2) is 29.4 Å². The molecule has 1 aliphatic carbocycles. The summed E-state index contributed by atoms with van der Waals surface area (Å²) in [5.74, 6) is 0.538. The highest BCUT2D eigenvalue weighted by Crippen LogP contribution is 2.23. The molecular weight excluding hydrogens is 284 g/mol.